The van der Waals surface area contributed by atoms with Crippen LogP contribution in [-0.2, 0) is 11.8 Å². The van der Waals surface area contributed by atoms with Crippen LogP contribution in [0.3, 0.4) is 0 Å². The van der Waals surface area contributed by atoms with E-state index in [4.69, 9.17) is 14.7 Å². The highest BCUT2D eigenvalue weighted by Gasteiger charge is 2.45. The Hall–Kier alpha value is -3.63. The molecule has 186 valence electrons. The normalized spacial score (nSPS) is 21.7. The van der Waals surface area contributed by atoms with Crippen molar-refractivity contribution in [2.75, 3.05) is 10.6 Å². The van der Waals surface area contributed by atoms with Gasteiger partial charge in [0.1, 0.15) is 11.4 Å². The van der Waals surface area contributed by atoms with Gasteiger partial charge in [-0.2, -0.15) is 15.2 Å². The Balaban J connectivity index is 1.35. The number of aromatic amines is 1. The number of H-pyrrole nitrogens is 1. The van der Waals surface area contributed by atoms with Gasteiger partial charge >= 0.3 is 6.09 Å². The molecule has 0 spiro atoms. The van der Waals surface area contributed by atoms with E-state index in [1.807, 2.05) is 58.0 Å². The number of carbonyl (C=O) groups is 1. The molecule has 0 saturated carbocycles. The first-order valence-corrected chi connectivity index (χ1v) is 12.1. The van der Waals surface area contributed by atoms with E-state index in [0.717, 1.165) is 42.6 Å². The lowest BCUT2D eigenvalue weighted by atomic mass is 9.98. The summed E-state index contributed by atoms with van der Waals surface area (Å²) in [7, 11) is 1.88. The number of aromatic nitrogens is 6. The van der Waals surface area contributed by atoms with Gasteiger partial charge in [-0.1, -0.05) is 0 Å². The van der Waals surface area contributed by atoms with E-state index >= 15 is 0 Å². The third-order valence-corrected chi connectivity index (χ3v) is 6.36. The van der Waals surface area contributed by atoms with Crippen LogP contribution in [-0.4, -0.2) is 64.7 Å². The van der Waals surface area contributed by atoms with E-state index in [9.17, 15) is 4.79 Å². The summed E-state index contributed by atoms with van der Waals surface area (Å²) in [5.74, 6) is 1.87. The number of ether oxygens (including phenoxy) is 1. The van der Waals surface area contributed by atoms with Crippen LogP contribution in [0, 0.1) is 6.92 Å². The summed E-state index contributed by atoms with van der Waals surface area (Å²) in [6.45, 7) is 7.67. The predicted molar refractivity (Wildman–Crippen MR) is 132 cm³/mol. The highest BCUT2D eigenvalue weighted by Crippen LogP contribution is 2.38. The highest BCUT2D eigenvalue weighted by atomic mass is 16.6. The molecule has 0 radical (unpaired) electrons. The second-order valence-electron chi connectivity index (χ2n) is 10.5. The van der Waals surface area contributed by atoms with Crippen molar-refractivity contribution in [3.8, 4) is 11.3 Å². The summed E-state index contributed by atoms with van der Waals surface area (Å²) in [4.78, 5) is 24.2. The first-order chi connectivity index (χ1) is 16.6. The summed E-state index contributed by atoms with van der Waals surface area (Å²) in [6.07, 6.45) is 7.14. The fourth-order valence-corrected chi connectivity index (χ4v) is 4.98. The van der Waals surface area contributed by atoms with Crippen molar-refractivity contribution < 1.29 is 9.53 Å². The molecule has 1 amide bonds. The third-order valence-electron chi connectivity index (χ3n) is 6.36. The van der Waals surface area contributed by atoms with E-state index in [-0.39, 0.29) is 24.2 Å². The minimum Gasteiger partial charge on any atom is -0.444 e. The van der Waals surface area contributed by atoms with E-state index in [1.54, 1.807) is 10.9 Å². The maximum absolute atomic E-state index is 12.8. The number of carbonyl (C=O) groups excluding carboxylic acids is 1. The van der Waals surface area contributed by atoms with Crippen molar-refractivity contribution in [2.45, 2.75) is 77.1 Å². The number of fused-ring (bicyclic) bond motifs is 2. The van der Waals surface area contributed by atoms with Crippen LogP contribution < -0.4 is 10.6 Å². The molecular formula is C24H33N9O2. The highest BCUT2D eigenvalue weighted by molar-refractivity contribution is 5.70. The van der Waals surface area contributed by atoms with Gasteiger partial charge in [0.2, 0.25) is 5.95 Å². The fraction of sp³-hybridized carbons (Fsp3) is 0.542. The Labute approximate surface area is 204 Å². The Morgan fingerprint density at radius 2 is 1.89 bits per heavy atom. The molecule has 3 aromatic heterocycles. The first-order valence-electron chi connectivity index (χ1n) is 12.1. The van der Waals surface area contributed by atoms with Gasteiger partial charge in [-0.15, -0.1) is 0 Å². The molecule has 5 rings (SSSR count). The van der Waals surface area contributed by atoms with Gasteiger partial charge in [0.05, 0.1) is 11.9 Å². The third kappa shape index (κ3) is 5.23. The van der Waals surface area contributed by atoms with Gasteiger partial charge in [-0.05, 0) is 53.4 Å². The molecular weight excluding hydrogens is 446 g/mol. The molecule has 3 atom stereocenters. The minimum absolute atomic E-state index is 0.159. The molecule has 3 N–H and O–H groups in total. The number of piperidine rings is 1. The van der Waals surface area contributed by atoms with Gasteiger partial charge < -0.3 is 20.3 Å². The molecule has 5 heterocycles. The Morgan fingerprint density at radius 3 is 2.49 bits per heavy atom. The van der Waals surface area contributed by atoms with E-state index < -0.39 is 5.60 Å². The summed E-state index contributed by atoms with van der Waals surface area (Å²) in [5, 5.41) is 18.3. The molecule has 11 nitrogen and oxygen atoms in total. The van der Waals surface area contributed by atoms with Crippen LogP contribution in [0.15, 0.2) is 24.5 Å². The summed E-state index contributed by atoms with van der Waals surface area (Å²) in [6, 6.07) is 4.29. The number of amides is 1. The van der Waals surface area contributed by atoms with E-state index in [1.165, 1.54) is 0 Å². The Bertz CT molecular complexity index is 1200. The monoisotopic (exact) mass is 479 g/mol. The second-order valence-corrected chi connectivity index (χ2v) is 10.5. The lowest BCUT2D eigenvalue weighted by Crippen LogP contribution is -2.51. The smallest absolute Gasteiger partial charge is 0.410 e. The van der Waals surface area contributed by atoms with Gasteiger partial charge in [0.25, 0.3) is 0 Å². The molecule has 2 aliphatic rings. The zero-order chi connectivity index (χ0) is 24.7. The predicted octanol–water partition coefficient (Wildman–Crippen LogP) is 3.99. The average Bonchev–Trinajstić information content (AvgIpc) is 3.44. The number of aryl methyl sites for hydroxylation is 2. The number of anilines is 3. The van der Waals surface area contributed by atoms with Crippen LogP contribution in [0.4, 0.5) is 22.4 Å². The molecule has 0 aromatic carbocycles. The van der Waals surface area contributed by atoms with Gasteiger partial charge in [0, 0.05) is 54.8 Å². The Morgan fingerprint density at radius 1 is 1.14 bits per heavy atom. The Kier molecular flexibility index (Phi) is 5.86. The fourth-order valence-electron chi connectivity index (χ4n) is 4.98. The molecule has 11 heteroatoms. The molecule has 2 bridgehead atoms. The lowest BCUT2D eigenvalue weighted by molar-refractivity contribution is 0.00682. The number of rotatable bonds is 5. The molecule has 0 aliphatic carbocycles. The maximum atomic E-state index is 12.8. The van der Waals surface area contributed by atoms with Crippen LogP contribution in [0.25, 0.3) is 11.3 Å². The number of nitrogens with zero attached hydrogens (tertiary/aromatic N) is 6. The minimum atomic E-state index is -0.498. The van der Waals surface area contributed by atoms with Crippen LogP contribution in [0.2, 0.25) is 0 Å². The quantitative estimate of drug-likeness (QED) is 0.501. The average molecular weight is 480 g/mol. The lowest BCUT2D eigenvalue weighted by Gasteiger charge is -2.39. The summed E-state index contributed by atoms with van der Waals surface area (Å²) < 4.78 is 7.42. The van der Waals surface area contributed by atoms with Crippen molar-refractivity contribution in [2.24, 2.45) is 7.05 Å². The van der Waals surface area contributed by atoms with Crippen molar-refractivity contribution in [3.63, 3.8) is 0 Å². The SMILES string of the molecule is Cc1cc(Nc2cc(-c3cnn(C)c3)nc(NC3C[C@H]4CC[C@@H](C3)N4C(=O)OC(C)(C)C)n2)n[nH]1. The standard InChI is InChI=1S/C24H33N9O2/c1-14-8-21(31-30-14)28-20-11-19(15-12-25-32(5)13-15)27-22(29-20)26-16-9-17-6-7-18(10-16)33(17)23(34)35-24(2,3)4/h8,11-13,16-18H,6-7,9-10H2,1-5H3,(H3,26,27,28,29,30,31)/t16?,17-,18+. The second kappa shape index (κ2) is 8.86. The van der Waals surface area contributed by atoms with E-state index in [2.05, 4.69) is 25.9 Å². The van der Waals surface area contributed by atoms with Crippen molar-refractivity contribution in [3.05, 3.63) is 30.2 Å². The molecule has 35 heavy (non-hydrogen) atoms. The number of nitrogens with one attached hydrogen (secondary N) is 3. The van der Waals surface area contributed by atoms with Gasteiger partial charge in [-0.25, -0.2) is 9.78 Å². The van der Waals surface area contributed by atoms with Crippen LogP contribution >= 0.6 is 0 Å². The van der Waals surface area contributed by atoms with E-state index in [0.29, 0.717) is 17.6 Å². The van der Waals surface area contributed by atoms with Crippen molar-refractivity contribution in [1.82, 2.24) is 34.8 Å². The number of hydrogen-bond acceptors (Lipinski definition) is 8. The summed E-state index contributed by atoms with van der Waals surface area (Å²) >= 11 is 0. The number of hydrogen-bond donors (Lipinski definition) is 3. The molecule has 3 aromatic rings. The first kappa shape index (κ1) is 23.1. The topological polar surface area (TPSA) is 126 Å². The van der Waals surface area contributed by atoms with Crippen molar-refractivity contribution >= 4 is 23.7 Å². The maximum Gasteiger partial charge on any atom is 0.410 e. The summed E-state index contributed by atoms with van der Waals surface area (Å²) in [5.41, 5.74) is 2.13. The van der Waals surface area contributed by atoms with Gasteiger partial charge in [0.15, 0.2) is 5.82 Å². The van der Waals surface area contributed by atoms with Gasteiger partial charge in [-0.3, -0.25) is 9.78 Å². The molecule has 2 aliphatic heterocycles. The largest absolute Gasteiger partial charge is 0.444 e. The molecule has 1 unspecified atom stereocenters. The zero-order valence-electron chi connectivity index (χ0n) is 20.9. The van der Waals surface area contributed by atoms with Crippen molar-refractivity contribution in [1.29, 1.82) is 0 Å². The van der Waals surface area contributed by atoms with Crippen LogP contribution in [0.5, 0.6) is 0 Å². The molecule has 2 saturated heterocycles. The zero-order valence-corrected chi connectivity index (χ0v) is 20.9. The van der Waals surface area contributed by atoms with Crippen LogP contribution in [0.1, 0.15) is 52.1 Å². The molecule has 2 fully saturated rings.